The van der Waals surface area contributed by atoms with Crippen LogP contribution in [0.4, 0.5) is 0 Å². The SMILES string of the molecule is CCCCCCCCCC/C=C/C(O)C(CO)NC(=O)CCCCCCC/C=C\CCCCOC(=O)CCCCCCCCCCCCCCCCC. The third-order valence-corrected chi connectivity index (χ3v) is 10.5. The summed E-state index contributed by atoms with van der Waals surface area (Å²) < 4.78 is 5.43. The molecule has 0 aromatic heterocycles. The highest BCUT2D eigenvalue weighted by atomic mass is 16.5. The highest BCUT2D eigenvalue weighted by molar-refractivity contribution is 5.76. The number of carbonyl (C=O) groups is 2. The zero-order valence-electron chi connectivity index (χ0n) is 35.2. The van der Waals surface area contributed by atoms with Gasteiger partial charge in [0.2, 0.25) is 5.91 Å². The van der Waals surface area contributed by atoms with Gasteiger partial charge in [0.05, 0.1) is 25.4 Å². The van der Waals surface area contributed by atoms with E-state index in [-0.39, 0.29) is 18.5 Å². The minimum absolute atomic E-state index is 0.0312. The average Bonchev–Trinajstić information content (AvgIpc) is 3.16. The van der Waals surface area contributed by atoms with Gasteiger partial charge in [0, 0.05) is 12.8 Å². The molecular weight excluding hydrogens is 659 g/mol. The highest BCUT2D eigenvalue weighted by Crippen LogP contribution is 2.15. The Morgan fingerprint density at radius 1 is 0.509 bits per heavy atom. The number of esters is 1. The smallest absolute Gasteiger partial charge is 0.305 e. The first-order chi connectivity index (χ1) is 26.0. The van der Waals surface area contributed by atoms with Crippen LogP contribution in [0.5, 0.6) is 0 Å². The fraction of sp³-hybridized carbons (Fsp3) is 0.872. The number of hydrogen-bond donors (Lipinski definition) is 3. The van der Waals surface area contributed by atoms with Crippen molar-refractivity contribution in [2.75, 3.05) is 13.2 Å². The maximum absolute atomic E-state index is 12.3. The number of hydrogen-bond acceptors (Lipinski definition) is 5. The largest absolute Gasteiger partial charge is 0.466 e. The van der Waals surface area contributed by atoms with Gasteiger partial charge in [-0.1, -0.05) is 192 Å². The fourth-order valence-electron chi connectivity index (χ4n) is 6.86. The predicted molar refractivity (Wildman–Crippen MR) is 227 cm³/mol. The number of amides is 1. The van der Waals surface area contributed by atoms with Gasteiger partial charge in [0.1, 0.15) is 0 Å². The van der Waals surface area contributed by atoms with E-state index < -0.39 is 12.1 Å². The van der Waals surface area contributed by atoms with E-state index >= 15 is 0 Å². The summed E-state index contributed by atoms with van der Waals surface area (Å²) in [7, 11) is 0. The minimum Gasteiger partial charge on any atom is -0.466 e. The van der Waals surface area contributed by atoms with E-state index in [1.165, 1.54) is 128 Å². The van der Waals surface area contributed by atoms with Crippen LogP contribution in [0.2, 0.25) is 0 Å². The molecule has 0 saturated heterocycles. The van der Waals surface area contributed by atoms with Gasteiger partial charge >= 0.3 is 5.97 Å². The first kappa shape index (κ1) is 51.3. The summed E-state index contributed by atoms with van der Waals surface area (Å²) in [5.41, 5.74) is 0. The van der Waals surface area contributed by atoms with Crippen molar-refractivity contribution in [3.63, 3.8) is 0 Å². The van der Waals surface area contributed by atoms with Gasteiger partial charge in [-0.2, -0.15) is 0 Å². The number of nitrogens with one attached hydrogen (secondary N) is 1. The molecule has 0 heterocycles. The van der Waals surface area contributed by atoms with Gasteiger partial charge in [-0.25, -0.2) is 0 Å². The van der Waals surface area contributed by atoms with Crippen LogP contribution in [0.3, 0.4) is 0 Å². The molecule has 2 unspecified atom stereocenters. The Hall–Kier alpha value is -1.66. The van der Waals surface area contributed by atoms with Crippen molar-refractivity contribution in [3.05, 3.63) is 24.3 Å². The number of aliphatic hydroxyl groups is 2. The van der Waals surface area contributed by atoms with Crippen molar-refractivity contribution >= 4 is 11.9 Å². The van der Waals surface area contributed by atoms with E-state index in [0.29, 0.717) is 19.4 Å². The molecule has 3 N–H and O–H groups in total. The number of ether oxygens (including phenoxy) is 1. The second-order valence-electron chi connectivity index (χ2n) is 15.7. The summed E-state index contributed by atoms with van der Waals surface area (Å²) in [6.45, 7) is 4.79. The topological polar surface area (TPSA) is 95.9 Å². The van der Waals surface area contributed by atoms with Crippen molar-refractivity contribution in [2.45, 2.75) is 251 Å². The molecule has 0 aromatic carbocycles. The summed E-state index contributed by atoms with van der Waals surface area (Å²) in [6, 6.07) is -0.646. The lowest BCUT2D eigenvalue weighted by atomic mass is 10.0. The molecule has 0 radical (unpaired) electrons. The van der Waals surface area contributed by atoms with Crippen molar-refractivity contribution in [3.8, 4) is 0 Å². The molecule has 2 atom stereocenters. The van der Waals surface area contributed by atoms with Gasteiger partial charge in [0.25, 0.3) is 0 Å². The summed E-state index contributed by atoms with van der Waals surface area (Å²) in [4.78, 5) is 24.3. The molecule has 0 aliphatic heterocycles. The highest BCUT2D eigenvalue weighted by Gasteiger charge is 2.18. The Morgan fingerprint density at radius 3 is 1.34 bits per heavy atom. The standard InChI is InChI=1S/C47H89NO5/c1-3-5-7-9-11-13-15-16-17-18-21-25-29-33-37-41-47(52)53-42-38-34-30-26-22-19-20-24-28-32-36-40-46(51)48-44(43-49)45(50)39-35-31-27-23-14-12-10-8-6-4-2/h22,26,35,39,44-45,49-50H,3-21,23-25,27-34,36-38,40-43H2,1-2H3,(H,48,51)/b26-22-,39-35+. The number of aliphatic hydroxyl groups excluding tert-OH is 2. The fourth-order valence-corrected chi connectivity index (χ4v) is 6.86. The molecule has 312 valence electrons. The maximum atomic E-state index is 12.3. The van der Waals surface area contributed by atoms with E-state index in [2.05, 4.69) is 31.3 Å². The molecule has 0 rings (SSSR count). The number of rotatable bonds is 42. The molecule has 0 bridgehead atoms. The van der Waals surface area contributed by atoms with Crippen LogP contribution in [0.1, 0.15) is 239 Å². The van der Waals surface area contributed by atoms with Crippen molar-refractivity contribution in [2.24, 2.45) is 0 Å². The van der Waals surface area contributed by atoms with E-state index in [9.17, 15) is 19.8 Å². The summed E-state index contributed by atoms with van der Waals surface area (Å²) >= 11 is 0. The van der Waals surface area contributed by atoms with Gasteiger partial charge in [0.15, 0.2) is 0 Å². The Kier molecular flexibility index (Phi) is 41.7. The Bertz CT molecular complexity index is 828. The molecular formula is C47H89NO5. The lowest BCUT2D eigenvalue weighted by Gasteiger charge is -2.20. The van der Waals surface area contributed by atoms with Crippen LogP contribution in [0.25, 0.3) is 0 Å². The lowest BCUT2D eigenvalue weighted by Crippen LogP contribution is -2.45. The van der Waals surface area contributed by atoms with Crippen LogP contribution in [0, 0.1) is 0 Å². The number of allylic oxidation sites excluding steroid dienone is 3. The molecule has 0 fully saturated rings. The van der Waals surface area contributed by atoms with E-state index in [1.54, 1.807) is 6.08 Å². The third-order valence-electron chi connectivity index (χ3n) is 10.5. The summed E-state index contributed by atoms with van der Waals surface area (Å²) in [5, 5.41) is 22.9. The molecule has 6 heteroatoms. The van der Waals surface area contributed by atoms with Gasteiger partial charge in [-0.05, 0) is 57.8 Å². The first-order valence-electron chi connectivity index (χ1n) is 23.1. The normalized spacial score (nSPS) is 12.9. The molecule has 1 amide bonds. The zero-order valence-corrected chi connectivity index (χ0v) is 35.2. The first-order valence-corrected chi connectivity index (χ1v) is 23.1. The van der Waals surface area contributed by atoms with Crippen LogP contribution in [-0.2, 0) is 14.3 Å². The Labute approximate surface area is 329 Å². The van der Waals surface area contributed by atoms with Gasteiger partial charge < -0.3 is 20.3 Å². The van der Waals surface area contributed by atoms with Crippen LogP contribution in [-0.4, -0.2) is 47.4 Å². The van der Waals surface area contributed by atoms with Crippen LogP contribution < -0.4 is 5.32 Å². The van der Waals surface area contributed by atoms with Crippen molar-refractivity contribution in [1.29, 1.82) is 0 Å². The van der Waals surface area contributed by atoms with E-state index in [1.807, 2.05) is 6.08 Å². The van der Waals surface area contributed by atoms with Crippen LogP contribution >= 0.6 is 0 Å². The average molecular weight is 748 g/mol. The number of carbonyl (C=O) groups excluding carboxylic acids is 2. The predicted octanol–water partition coefficient (Wildman–Crippen LogP) is 13.2. The number of unbranched alkanes of at least 4 members (excludes halogenated alkanes) is 29. The molecule has 0 aliphatic rings. The molecule has 53 heavy (non-hydrogen) atoms. The lowest BCUT2D eigenvalue weighted by molar-refractivity contribution is -0.143. The minimum atomic E-state index is -0.859. The second-order valence-corrected chi connectivity index (χ2v) is 15.7. The van der Waals surface area contributed by atoms with Gasteiger partial charge in [-0.3, -0.25) is 9.59 Å². The van der Waals surface area contributed by atoms with Crippen molar-refractivity contribution < 1.29 is 24.5 Å². The summed E-state index contributed by atoms with van der Waals surface area (Å²) in [5.74, 6) is -0.131. The molecule has 0 aromatic rings. The molecule has 6 nitrogen and oxygen atoms in total. The molecule has 0 spiro atoms. The second kappa shape index (κ2) is 43.1. The third kappa shape index (κ3) is 39.8. The maximum Gasteiger partial charge on any atom is 0.305 e. The Morgan fingerprint density at radius 2 is 0.887 bits per heavy atom. The van der Waals surface area contributed by atoms with Crippen molar-refractivity contribution in [1.82, 2.24) is 5.32 Å². The monoisotopic (exact) mass is 748 g/mol. The molecule has 0 aliphatic carbocycles. The quantitative estimate of drug-likeness (QED) is 0.0328. The summed E-state index contributed by atoms with van der Waals surface area (Å²) in [6.07, 6.45) is 48.8. The van der Waals surface area contributed by atoms with E-state index in [0.717, 1.165) is 83.5 Å². The zero-order chi connectivity index (χ0) is 38.7. The van der Waals surface area contributed by atoms with Crippen LogP contribution in [0.15, 0.2) is 24.3 Å². The Balaban J connectivity index is 3.53. The molecule has 0 saturated carbocycles. The van der Waals surface area contributed by atoms with Gasteiger partial charge in [-0.15, -0.1) is 0 Å². The van der Waals surface area contributed by atoms with E-state index in [4.69, 9.17) is 4.74 Å².